The summed E-state index contributed by atoms with van der Waals surface area (Å²) in [7, 11) is 1.85. The number of pyridine rings is 2. The Bertz CT molecular complexity index is 2080. The number of rotatable bonds is 8. The van der Waals surface area contributed by atoms with Crippen molar-refractivity contribution < 1.29 is 18.7 Å². The fourth-order valence-electron chi connectivity index (χ4n) is 6.50. The average molecular weight is 653 g/mol. The first kappa shape index (κ1) is 30.5. The number of ether oxygens (including phenoxy) is 1. The van der Waals surface area contributed by atoms with E-state index in [2.05, 4.69) is 17.0 Å². The van der Waals surface area contributed by atoms with E-state index in [-0.39, 0.29) is 35.9 Å². The van der Waals surface area contributed by atoms with Gasteiger partial charge in [-0.1, -0.05) is 6.58 Å². The van der Waals surface area contributed by atoms with Crippen LogP contribution in [-0.2, 0) is 16.6 Å². The molecule has 2 aliphatic rings. The quantitative estimate of drug-likeness (QED) is 0.231. The summed E-state index contributed by atoms with van der Waals surface area (Å²) in [6.07, 6.45) is 8.52. The van der Waals surface area contributed by atoms with Crippen LogP contribution in [0.15, 0.2) is 77.8 Å². The molecule has 6 heterocycles. The maximum atomic E-state index is 14.8. The first-order chi connectivity index (χ1) is 22.8. The smallest absolute Gasteiger partial charge is 0.250 e. The van der Waals surface area contributed by atoms with Gasteiger partial charge in [0.2, 0.25) is 11.8 Å². The van der Waals surface area contributed by atoms with Crippen LogP contribution >= 0.6 is 11.3 Å². The molecule has 1 aromatic carbocycles. The van der Waals surface area contributed by atoms with Gasteiger partial charge in [0.1, 0.15) is 11.6 Å². The van der Waals surface area contributed by atoms with Gasteiger partial charge in [0.05, 0.1) is 30.2 Å². The van der Waals surface area contributed by atoms with E-state index < -0.39 is 5.82 Å². The topological polar surface area (TPSA) is 111 Å². The normalized spacial score (nSPS) is 18.0. The number of piperidine rings is 1. The summed E-state index contributed by atoms with van der Waals surface area (Å²) >= 11 is 1.54. The van der Waals surface area contributed by atoms with E-state index in [4.69, 9.17) is 9.72 Å². The lowest BCUT2D eigenvalue weighted by Gasteiger charge is -2.23. The largest absolute Gasteiger partial charge is 0.493 e. The van der Waals surface area contributed by atoms with Crippen LogP contribution in [0, 0.1) is 11.7 Å². The number of hydrogen-bond donors (Lipinski definition) is 1. The lowest BCUT2D eigenvalue weighted by atomic mass is 9.95. The van der Waals surface area contributed by atoms with Crippen molar-refractivity contribution in [3.63, 3.8) is 0 Å². The van der Waals surface area contributed by atoms with Crippen LogP contribution in [0.1, 0.15) is 25.3 Å². The Morgan fingerprint density at radius 3 is 2.81 bits per heavy atom. The summed E-state index contributed by atoms with van der Waals surface area (Å²) in [5.41, 5.74) is 4.07. The van der Waals surface area contributed by atoms with Crippen molar-refractivity contribution in [2.75, 3.05) is 26.2 Å². The Labute approximate surface area is 274 Å². The van der Waals surface area contributed by atoms with Crippen molar-refractivity contribution in [1.29, 1.82) is 0 Å². The zero-order valence-corrected chi connectivity index (χ0v) is 26.6. The molecule has 4 aromatic heterocycles. The number of amides is 2. The van der Waals surface area contributed by atoms with E-state index in [1.807, 2.05) is 24.7 Å². The molecule has 1 unspecified atom stereocenters. The van der Waals surface area contributed by atoms with Crippen molar-refractivity contribution in [3.05, 3.63) is 89.2 Å². The zero-order valence-electron chi connectivity index (χ0n) is 25.8. The summed E-state index contributed by atoms with van der Waals surface area (Å²) < 4.78 is 25.4. The number of nitrogens with one attached hydrogen (secondary N) is 1. The summed E-state index contributed by atoms with van der Waals surface area (Å²) in [6.45, 7) is 5.37. The summed E-state index contributed by atoms with van der Waals surface area (Å²) in [5.74, 6) is -0.262. The van der Waals surface area contributed by atoms with E-state index in [0.717, 1.165) is 33.3 Å². The monoisotopic (exact) mass is 652 g/mol. The molecule has 5 aromatic rings. The fraction of sp³-hybridized carbons (Fsp3) is 0.286. The molecule has 2 saturated heterocycles. The molecule has 0 bridgehead atoms. The highest BCUT2D eigenvalue weighted by Crippen LogP contribution is 2.46. The highest BCUT2D eigenvalue weighted by molar-refractivity contribution is 7.18. The number of aryl methyl sites for hydroxylation is 1. The maximum absolute atomic E-state index is 14.8. The third-order valence-electron chi connectivity index (χ3n) is 8.88. The van der Waals surface area contributed by atoms with E-state index in [1.165, 1.54) is 35.6 Å². The van der Waals surface area contributed by atoms with Gasteiger partial charge < -0.3 is 19.5 Å². The van der Waals surface area contributed by atoms with Crippen LogP contribution in [0.4, 0.5) is 4.39 Å². The summed E-state index contributed by atoms with van der Waals surface area (Å²) in [4.78, 5) is 44.5. The Hall–Kier alpha value is -5.10. The molecule has 12 heteroatoms. The van der Waals surface area contributed by atoms with Crippen molar-refractivity contribution >= 4 is 33.2 Å². The van der Waals surface area contributed by atoms with Crippen LogP contribution in [0.3, 0.4) is 0 Å². The van der Waals surface area contributed by atoms with Crippen LogP contribution in [-0.4, -0.2) is 62.3 Å². The van der Waals surface area contributed by atoms with Gasteiger partial charge in [-0.2, -0.15) is 5.10 Å². The molecule has 0 saturated carbocycles. The van der Waals surface area contributed by atoms with Gasteiger partial charge in [-0.05, 0) is 48.6 Å². The highest BCUT2D eigenvalue weighted by atomic mass is 32.1. The van der Waals surface area contributed by atoms with Crippen molar-refractivity contribution in [1.82, 2.24) is 29.5 Å². The molecular weight excluding hydrogens is 619 g/mol. The number of carbonyl (C=O) groups excluding carboxylic acids is 2. The molecule has 10 nitrogen and oxygen atoms in total. The number of carbonyl (C=O) groups is 2. The number of likely N-dealkylation sites (tertiary alicyclic amines) is 1. The summed E-state index contributed by atoms with van der Waals surface area (Å²) in [5, 5.41) is 10.1. The second kappa shape index (κ2) is 12.6. The van der Waals surface area contributed by atoms with Crippen LogP contribution in [0.2, 0.25) is 0 Å². The number of fused-ring (bicyclic) bond motifs is 1. The fourth-order valence-corrected chi connectivity index (χ4v) is 7.45. The first-order valence-corrected chi connectivity index (χ1v) is 16.4. The molecule has 2 amide bonds. The Balaban J connectivity index is 1.39. The molecule has 0 aliphatic carbocycles. The Morgan fingerprint density at radius 1 is 1.15 bits per heavy atom. The number of aromatic nitrogens is 4. The van der Waals surface area contributed by atoms with Crippen LogP contribution in [0.25, 0.3) is 43.7 Å². The number of benzene rings is 1. The Kier molecular flexibility index (Phi) is 8.19. The highest BCUT2D eigenvalue weighted by Gasteiger charge is 2.28. The predicted molar refractivity (Wildman–Crippen MR) is 179 cm³/mol. The predicted octanol–water partition coefficient (Wildman–Crippen LogP) is 5.20. The van der Waals surface area contributed by atoms with Gasteiger partial charge in [-0.25, -0.2) is 9.37 Å². The van der Waals surface area contributed by atoms with Gasteiger partial charge in [0.15, 0.2) is 0 Å². The number of halogens is 1. The van der Waals surface area contributed by atoms with E-state index in [1.54, 1.807) is 38.7 Å². The van der Waals surface area contributed by atoms with Gasteiger partial charge >= 0.3 is 0 Å². The molecule has 7 rings (SSSR count). The minimum atomic E-state index is -0.442. The van der Waals surface area contributed by atoms with Crippen LogP contribution < -0.4 is 15.6 Å². The molecule has 2 fully saturated rings. The lowest BCUT2D eigenvalue weighted by molar-refractivity contribution is -0.125. The lowest BCUT2D eigenvalue weighted by Crippen LogP contribution is -2.35. The van der Waals surface area contributed by atoms with Gasteiger partial charge in [-0.15, -0.1) is 11.3 Å². The van der Waals surface area contributed by atoms with E-state index in [9.17, 15) is 18.8 Å². The second-order valence-electron chi connectivity index (χ2n) is 12.0. The molecule has 0 radical (unpaired) electrons. The van der Waals surface area contributed by atoms with Crippen molar-refractivity contribution in [2.45, 2.75) is 25.3 Å². The van der Waals surface area contributed by atoms with Crippen LogP contribution in [0.5, 0.6) is 5.75 Å². The summed E-state index contributed by atoms with van der Waals surface area (Å²) in [6, 6.07) is 9.56. The van der Waals surface area contributed by atoms with Gasteiger partial charge in [0.25, 0.3) is 5.56 Å². The molecule has 2 atom stereocenters. The van der Waals surface area contributed by atoms with Gasteiger partial charge in [0, 0.05) is 95.9 Å². The molecule has 0 spiro atoms. The molecule has 47 heavy (non-hydrogen) atoms. The number of thiophene rings is 1. The minimum Gasteiger partial charge on any atom is -0.493 e. The SMILES string of the molecule is C=CC(=O)N1CC[C@H](n2cc(-c3nc(-c4cnn(C)c4)c4ccsc4c3-c3ccc(F)cc3OCC3CCNC(=O)C3)ccc2=O)C1. The number of hydrogen-bond acceptors (Lipinski definition) is 7. The first-order valence-electron chi connectivity index (χ1n) is 15.5. The average Bonchev–Trinajstić information content (AvgIpc) is 3.85. The third-order valence-corrected chi connectivity index (χ3v) is 9.81. The van der Waals surface area contributed by atoms with E-state index >= 15 is 0 Å². The van der Waals surface area contributed by atoms with Crippen molar-refractivity contribution in [3.8, 4) is 39.4 Å². The zero-order chi connectivity index (χ0) is 32.7. The Morgan fingerprint density at radius 2 is 2.02 bits per heavy atom. The van der Waals surface area contributed by atoms with E-state index in [0.29, 0.717) is 55.0 Å². The molecule has 2 aliphatic heterocycles. The third kappa shape index (κ3) is 5.96. The molecule has 240 valence electrons. The van der Waals surface area contributed by atoms with Crippen molar-refractivity contribution in [2.24, 2.45) is 13.0 Å². The molecular formula is C35H33FN6O4S. The van der Waals surface area contributed by atoms with Gasteiger partial charge in [-0.3, -0.25) is 19.1 Å². The minimum absolute atomic E-state index is 0.00896. The number of nitrogens with zero attached hydrogens (tertiary/aromatic N) is 5. The molecule has 1 N–H and O–H groups in total. The maximum Gasteiger partial charge on any atom is 0.250 e. The standard InChI is InChI=1S/C35H33FN6O4S/c1-3-30(44)41-12-9-25(19-41)42-18-22(4-7-31(42)45)34-32(35-27(10-13-47-35)33(39-34)23-16-38-40(2)17-23)26-6-5-24(36)15-28(26)46-20-21-8-11-37-29(43)14-21/h3-7,10,13,15-18,21,25H,1,8-9,11-12,14,19-20H2,2H3,(H,37,43)/t21?,25-/m0/s1. The second-order valence-corrected chi connectivity index (χ2v) is 12.9.